The van der Waals surface area contributed by atoms with Crippen LogP contribution in [0.3, 0.4) is 0 Å². The summed E-state index contributed by atoms with van der Waals surface area (Å²) >= 11 is 12.1. The molecule has 4 unspecified atom stereocenters. The molecular weight excluding hydrogens is 528 g/mol. The van der Waals surface area contributed by atoms with Gasteiger partial charge in [-0.2, -0.15) is 0 Å². The van der Waals surface area contributed by atoms with E-state index in [0.717, 1.165) is 19.6 Å². The maximum Gasteiger partial charge on any atom is 0.191 e. The lowest BCUT2D eigenvalue weighted by atomic mass is 9.57. The quantitative estimate of drug-likeness (QED) is 0.271. The van der Waals surface area contributed by atoms with Crippen LogP contribution in [0, 0.1) is 11.3 Å². The second-order valence-electron chi connectivity index (χ2n) is 7.92. The predicted octanol–water partition coefficient (Wildman–Crippen LogP) is 3.72. The van der Waals surface area contributed by atoms with E-state index in [1.807, 2.05) is 6.92 Å². The molecule has 0 radical (unpaired) electrons. The van der Waals surface area contributed by atoms with E-state index in [1.54, 1.807) is 18.2 Å². The van der Waals surface area contributed by atoms with Crippen molar-refractivity contribution in [1.82, 2.24) is 10.6 Å². The van der Waals surface area contributed by atoms with Gasteiger partial charge < -0.3 is 25.2 Å². The lowest BCUT2D eigenvalue weighted by molar-refractivity contribution is -0.106. The van der Waals surface area contributed by atoms with Gasteiger partial charge in [0, 0.05) is 30.5 Å². The van der Waals surface area contributed by atoms with E-state index in [2.05, 4.69) is 29.5 Å². The average molecular weight is 558 g/mol. The number of aliphatic hydroxyl groups excluding tert-OH is 1. The first-order chi connectivity index (χ1) is 13.3. The number of fused-ring (bicyclic) bond motifs is 1. The summed E-state index contributed by atoms with van der Waals surface area (Å²) in [5, 5.41) is 17.8. The number of nitrogens with one attached hydrogen (secondary N) is 2. The summed E-state index contributed by atoms with van der Waals surface area (Å²) in [6.07, 6.45) is 0.624. The van der Waals surface area contributed by atoms with Crippen LogP contribution in [0.1, 0.15) is 27.2 Å². The standard InChI is InChI=1S/C20H29Cl2N3O3.HI/c1-4-23-19(25-17-13-8-9-27-18(13)20(17,2)3)24-10-12(26)11-28-15-7-5-6-14(21)16(15)22;/h5-7,12-13,17-18,26H,4,8-11H2,1-3H3,(H2,23,24,25);1H. The van der Waals surface area contributed by atoms with Gasteiger partial charge in [0.05, 0.1) is 17.7 Å². The van der Waals surface area contributed by atoms with Crippen LogP contribution >= 0.6 is 47.2 Å². The Labute approximate surface area is 199 Å². The first kappa shape index (κ1) is 24.8. The molecule has 3 rings (SSSR count). The van der Waals surface area contributed by atoms with Crippen molar-refractivity contribution in [1.29, 1.82) is 0 Å². The van der Waals surface area contributed by atoms with E-state index in [-0.39, 0.29) is 42.5 Å². The molecule has 164 valence electrons. The van der Waals surface area contributed by atoms with Crippen LogP contribution in [0.25, 0.3) is 0 Å². The van der Waals surface area contributed by atoms with Gasteiger partial charge in [0.1, 0.15) is 23.5 Å². The Morgan fingerprint density at radius 1 is 1.41 bits per heavy atom. The molecule has 1 aliphatic heterocycles. The lowest BCUT2D eigenvalue weighted by Gasteiger charge is -2.54. The second-order valence-corrected chi connectivity index (χ2v) is 8.71. The van der Waals surface area contributed by atoms with Gasteiger partial charge in [-0.1, -0.05) is 43.1 Å². The number of ether oxygens (including phenoxy) is 2. The first-order valence-corrected chi connectivity index (χ1v) is 10.5. The van der Waals surface area contributed by atoms with Gasteiger partial charge in [0.2, 0.25) is 0 Å². The average Bonchev–Trinajstić information content (AvgIpc) is 3.12. The Morgan fingerprint density at radius 2 is 2.17 bits per heavy atom. The van der Waals surface area contributed by atoms with Crippen molar-refractivity contribution >= 4 is 53.1 Å². The topological polar surface area (TPSA) is 75.1 Å². The van der Waals surface area contributed by atoms with Crippen LogP contribution in [-0.2, 0) is 4.74 Å². The summed E-state index contributed by atoms with van der Waals surface area (Å²) in [5.41, 5.74) is 0.0579. The van der Waals surface area contributed by atoms with Crippen LogP contribution in [0.4, 0.5) is 0 Å². The minimum absolute atomic E-state index is 0. The van der Waals surface area contributed by atoms with E-state index < -0.39 is 6.10 Å². The highest BCUT2D eigenvalue weighted by Gasteiger charge is 2.59. The Morgan fingerprint density at radius 3 is 2.90 bits per heavy atom. The van der Waals surface area contributed by atoms with Crippen molar-refractivity contribution in [2.45, 2.75) is 45.4 Å². The molecule has 0 spiro atoms. The third-order valence-electron chi connectivity index (χ3n) is 5.54. The molecule has 2 aliphatic rings. The van der Waals surface area contributed by atoms with Crippen molar-refractivity contribution in [3.8, 4) is 5.75 Å². The minimum atomic E-state index is -0.762. The highest BCUT2D eigenvalue weighted by Crippen LogP contribution is 2.52. The van der Waals surface area contributed by atoms with Gasteiger partial charge in [-0.25, -0.2) is 0 Å². The number of halogens is 3. The molecule has 1 aromatic carbocycles. The summed E-state index contributed by atoms with van der Waals surface area (Å²) in [6, 6.07) is 5.46. The van der Waals surface area contributed by atoms with Crippen LogP contribution < -0.4 is 15.4 Å². The Hall–Kier alpha value is -0.480. The zero-order chi connectivity index (χ0) is 20.3. The lowest BCUT2D eigenvalue weighted by Crippen LogP contribution is -2.68. The maximum absolute atomic E-state index is 10.3. The number of aliphatic hydroxyl groups is 1. The maximum atomic E-state index is 10.3. The summed E-state index contributed by atoms with van der Waals surface area (Å²) in [4.78, 5) is 4.53. The molecule has 0 bridgehead atoms. The van der Waals surface area contributed by atoms with E-state index >= 15 is 0 Å². The molecule has 6 nitrogen and oxygen atoms in total. The molecule has 1 aromatic rings. The van der Waals surface area contributed by atoms with Gasteiger partial charge in [-0.3, -0.25) is 4.99 Å². The highest BCUT2D eigenvalue weighted by atomic mass is 127. The fraction of sp³-hybridized carbons (Fsp3) is 0.650. The molecule has 1 saturated carbocycles. The van der Waals surface area contributed by atoms with Crippen LogP contribution in [0.15, 0.2) is 23.2 Å². The number of nitrogens with zero attached hydrogens (tertiary/aromatic N) is 1. The third-order valence-corrected chi connectivity index (χ3v) is 6.35. The van der Waals surface area contributed by atoms with Crippen molar-refractivity contribution in [3.63, 3.8) is 0 Å². The van der Waals surface area contributed by atoms with Gasteiger partial charge in [0.25, 0.3) is 0 Å². The fourth-order valence-electron chi connectivity index (χ4n) is 4.12. The zero-order valence-electron chi connectivity index (χ0n) is 17.0. The van der Waals surface area contributed by atoms with Gasteiger partial charge in [0.15, 0.2) is 5.96 Å². The second kappa shape index (κ2) is 10.7. The van der Waals surface area contributed by atoms with Gasteiger partial charge >= 0.3 is 0 Å². The highest BCUT2D eigenvalue weighted by molar-refractivity contribution is 14.0. The largest absolute Gasteiger partial charge is 0.489 e. The van der Waals surface area contributed by atoms with Crippen molar-refractivity contribution < 1.29 is 14.6 Å². The fourth-order valence-corrected chi connectivity index (χ4v) is 4.46. The summed E-state index contributed by atoms with van der Waals surface area (Å²) < 4.78 is 11.4. The van der Waals surface area contributed by atoms with Crippen LogP contribution in [0.5, 0.6) is 5.75 Å². The van der Waals surface area contributed by atoms with E-state index in [0.29, 0.717) is 39.8 Å². The molecule has 2 fully saturated rings. The van der Waals surface area contributed by atoms with Crippen LogP contribution in [0.2, 0.25) is 10.0 Å². The van der Waals surface area contributed by atoms with Gasteiger partial charge in [-0.15, -0.1) is 24.0 Å². The molecule has 1 heterocycles. The molecular formula is C20H30Cl2IN3O3. The molecule has 0 amide bonds. The summed E-state index contributed by atoms with van der Waals surface area (Å²) in [7, 11) is 0. The van der Waals surface area contributed by atoms with Crippen molar-refractivity contribution in [2.75, 3.05) is 26.3 Å². The molecule has 9 heteroatoms. The smallest absolute Gasteiger partial charge is 0.191 e. The number of hydrogen-bond acceptors (Lipinski definition) is 4. The van der Waals surface area contributed by atoms with Gasteiger partial charge in [-0.05, 0) is 25.5 Å². The Kier molecular flexibility index (Phi) is 9.15. The molecule has 1 aliphatic carbocycles. The molecule has 4 atom stereocenters. The number of benzene rings is 1. The normalized spacial score (nSPS) is 26.0. The number of guanidine groups is 1. The molecule has 0 aromatic heterocycles. The zero-order valence-corrected chi connectivity index (χ0v) is 20.8. The number of aliphatic imine (C=N–C) groups is 1. The minimum Gasteiger partial charge on any atom is -0.489 e. The first-order valence-electron chi connectivity index (χ1n) is 9.76. The van der Waals surface area contributed by atoms with Crippen LogP contribution in [-0.4, -0.2) is 55.6 Å². The Bertz CT molecular complexity index is 720. The van der Waals surface area contributed by atoms with Crippen molar-refractivity contribution in [3.05, 3.63) is 28.2 Å². The third kappa shape index (κ3) is 5.61. The SMILES string of the molecule is CCNC(=NCC(O)COc1cccc(Cl)c1Cl)NC1C2CCOC2C1(C)C.I. The Balaban J connectivity index is 0.00000300. The summed E-state index contributed by atoms with van der Waals surface area (Å²) in [5.74, 6) is 1.66. The van der Waals surface area contributed by atoms with Crippen molar-refractivity contribution in [2.24, 2.45) is 16.3 Å². The van der Waals surface area contributed by atoms with E-state index in [4.69, 9.17) is 32.7 Å². The number of rotatable bonds is 7. The monoisotopic (exact) mass is 557 g/mol. The van der Waals surface area contributed by atoms with E-state index in [1.165, 1.54) is 0 Å². The number of hydrogen-bond donors (Lipinski definition) is 3. The molecule has 29 heavy (non-hydrogen) atoms. The predicted molar refractivity (Wildman–Crippen MR) is 128 cm³/mol. The van der Waals surface area contributed by atoms with E-state index in [9.17, 15) is 5.11 Å². The molecule has 3 N–H and O–H groups in total. The molecule has 1 saturated heterocycles. The summed E-state index contributed by atoms with van der Waals surface area (Å²) in [6.45, 7) is 8.32.